The number of piperidine rings is 1. The first-order chi connectivity index (χ1) is 13.6. The van der Waals surface area contributed by atoms with Crippen molar-refractivity contribution < 1.29 is 14.3 Å². The van der Waals surface area contributed by atoms with E-state index >= 15 is 0 Å². The lowest BCUT2D eigenvalue weighted by molar-refractivity contribution is -0.136. The third kappa shape index (κ3) is 5.10. The second kappa shape index (κ2) is 9.68. The molecular formula is C21H27N3O3S. The number of nitrogens with zero attached hydrogens (tertiary/aromatic N) is 2. The van der Waals surface area contributed by atoms with Gasteiger partial charge >= 0.3 is 0 Å². The van der Waals surface area contributed by atoms with Gasteiger partial charge in [0.1, 0.15) is 5.75 Å². The number of hydrogen-bond donors (Lipinski definition) is 1. The molecule has 1 aliphatic rings. The lowest BCUT2D eigenvalue weighted by Gasteiger charge is -2.32. The van der Waals surface area contributed by atoms with E-state index in [-0.39, 0.29) is 24.3 Å². The summed E-state index contributed by atoms with van der Waals surface area (Å²) in [5.74, 6) is 0.774. The summed E-state index contributed by atoms with van der Waals surface area (Å²) in [4.78, 5) is 30.9. The molecular weight excluding hydrogens is 374 g/mol. The first kappa shape index (κ1) is 20.3. The molecule has 2 atom stereocenters. The fourth-order valence-electron chi connectivity index (χ4n) is 3.38. The summed E-state index contributed by atoms with van der Waals surface area (Å²) in [5, 5.41) is 5.25. The quantitative estimate of drug-likeness (QED) is 0.763. The zero-order valence-electron chi connectivity index (χ0n) is 16.4. The van der Waals surface area contributed by atoms with E-state index in [9.17, 15) is 9.59 Å². The number of amides is 2. The maximum atomic E-state index is 12.7. The van der Waals surface area contributed by atoms with Crippen LogP contribution >= 0.6 is 11.3 Å². The molecule has 6 nitrogen and oxygen atoms in total. The molecule has 2 unspecified atom stereocenters. The highest BCUT2D eigenvalue weighted by molar-refractivity contribution is 7.13. The van der Waals surface area contributed by atoms with Crippen LogP contribution in [-0.4, -0.2) is 41.4 Å². The van der Waals surface area contributed by atoms with Crippen LogP contribution in [0.2, 0.25) is 0 Å². The largest absolute Gasteiger partial charge is 0.483 e. The Labute approximate surface area is 169 Å². The van der Waals surface area contributed by atoms with E-state index in [0.717, 1.165) is 30.6 Å². The van der Waals surface area contributed by atoms with Crippen LogP contribution in [0.15, 0.2) is 35.8 Å². The molecule has 1 aromatic carbocycles. The first-order valence-electron chi connectivity index (χ1n) is 9.78. The number of thiazole rings is 1. The molecule has 7 heteroatoms. The van der Waals surface area contributed by atoms with Crippen LogP contribution in [0.3, 0.4) is 0 Å². The van der Waals surface area contributed by atoms with E-state index in [2.05, 4.69) is 24.1 Å². The summed E-state index contributed by atoms with van der Waals surface area (Å²) in [6.07, 6.45) is 4.26. The second-order valence-electron chi connectivity index (χ2n) is 7.14. The molecule has 150 valence electrons. The summed E-state index contributed by atoms with van der Waals surface area (Å²) >= 11 is 1.39. The van der Waals surface area contributed by atoms with Crippen molar-refractivity contribution in [2.24, 2.45) is 5.92 Å². The number of carbonyl (C=O) groups excluding carboxylic acids is 2. The number of hydrogen-bond acceptors (Lipinski definition) is 5. The van der Waals surface area contributed by atoms with Crippen LogP contribution in [0, 0.1) is 5.92 Å². The Kier molecular flexibility index (Phi) is 7.03. The van der Waals surface area contributed by atoms with Gasteiger partial charge in [-0.3, -0.25) is 9.59 Å². The number of aromatic nitrogens is 1. The average Bonchev–Trinajstić information content (AvgIpc) is 3.24. The van der Waals surface area contributed by atoms with Gasteiger partial charge < -0.3 is 15.0 Å². The molecule has 2 amide bonds. The zero-order valence-corrected chi connectivity index (χ0v) is 17.2. The summed E-state index contributed by atoms with van der Waals surface area (Å²) in [7, 11) is 0. The van der Waals surface area contributed by atoms with Crippen molar-refractivity contribution in [1.29, 1.82) is 0 Å². The van der Waals surface area contributed by atoms with Crippen molar-refractivity contribution in [3.05, 3.63) is 41.4 Å². The van der Waals surface area contributed by atoms with E-state index in [4.69, 9.17) is 4.74 Å². The highest BCUT2D eigenvalue weighted by atomic mass is 32.1. The first-order valence-corrected chi connectivity index (χ1v) is 10.7. The van der Waals surface area contributed by atoms with E-state index in [1.54, 1.807) is 11.1 Å². The average molecular weight is 402 g/mol. The lowest BCUT2D eigenvalue weighted by atomic mass is 9.97. The van der Waals surface area contributed by atoms with Gasteiger partial charge in [0.25, 0.3) is 5.91 Å². The number of ether oxygens (including phenoxy) is 1. The van der Waals surface area contributed by atoms with Crippen LogP contribution in [0.5, 0.6) is 5.75 Å². The van der Waals surface area contributed by atoms with E-state index in [1.807, 2.05) is 29.6 Å². The summed E-state index contributed by atoms with van der Waals surface area (Å²) < 4.78 is 5.86. The van der Waals surface area contributed by atoms with Crippen LogP contribution in [0.25, 0.3) is 0 Å². The monoisotopic (exact) mass is 401 g/mol. The maximum absolute atomic E-state index is 12.7. The van der Waals surface area contributed by atoms with Gasteiger partial charge in [0.2, 0.25) is 5.91 Å². The van der Waals surface area contributed by atoms with Crippen molar-refractivity contribution in [3.63, 3.8) is 0 Å². The Bertz CT molecular complexity index is 794. The van der Waals surface area contributed by atoms with Crippen LogP contribution in [0.4, 0.5) is 5.13 Å². The lowest BCUT2D eigenvalue weighted by Crippen LogP contribution is -2.45. The normalized spacial score (nSPS) is 17.8. The fraction of sp³-hybridized carbons (Fsp3) is 0.476. The predicted octanol–water partition coefficient (Wildman–Crippen LogP) is 3.91. The third-order valence-electron chi connectivity index (χ3n) is 5.22. The number of para-hydroxylation sites is 1. The van der Waals surface area contributed by atoms with Gasteiger partial charge in [0, 0.05) is 24.7 Å². The molecule has 28 heavy (non-hydrogen) atoms. The topological polar surface area (TPSA) is 71.5 Å². The van der Waals surface area contributed by atoms with Gasteiger partial charge in [-0.15, -0.1) is 11.3 Å². The van der Waals surface area contributed by atoms with Crippen molar-refractivity contribution in [1.82, 2.24) is 9.88 Å². The Balaban J connectivity index is 1.55. The minimum absolute atomic E-state index is 0.00569. The Morgan fingerprint density at radius 1 is 1.39 bits per heavy atom. The van der Waals surface area contributed by atoms with E-state index in [1.165, 1.54) is 11.3 Å². The third-order valence-corrected chi connectivity index (χ3v) is 5.91. The van der Waals surface area contributed by atoms with Gasteiger partial charge in [-0.1, -0.05) is 32.0 Å². The van der Waals surface area contributed by atoms with Crippen molar-refractivity contribution in [2.75, 3.05) is 25.0 Å². The Morgan fingerprint density at radius 3 is 2.96 bits per heavy atom. The highest BCUT2D eigenvalue weighted by Crippen LogP contribution is 2.28. The molecule has 1 aliphatic heterocycles. The van der Waals surface area contributed by atoms with Crippen molar-refractivity contribution in [2.45, 2.75) is 39.0 Å². The molecule has 2 heterocycles. The molecule has 2 aromatic rings. The van der Waals surface area contributed by atoms with Gasteiger partial charge in [-0.2, -0.15) is 0 Å². The molecule has 1 N–H and O–H groups in total. The van der Waals surface area contributed by atoms with Gasteiger partial charge in [-0.25, -0.2) is 4.98 Å². The van der Waals surface area contributed by atoms with Crippen molar-refractivity contribution in [3.8, 4) is 5.75 Å². The molecule has 0 bridgehead atoms. The molecule has 1 fully saturated rings. The number of likely N-dealkylation sites (tertiary alicyclic amines) is 1. The van der Waals surface area contributed by atoms with Gasteiger partial charge in [0.05, 0.1) is 5.92 Å². The summed E-state index contributed by atoms with van der Waals surface area (Å²) in [5.41, 5.74) is 1.12. The smallest absolute Gasteiger partial charge is 0.260 e. The molecule has 1 aromatic heterocycles. The zero-order chi connectivity index (χ0) is 19.9. The van der Waals surface area contributed by atoms with Crippen molar-refractivity contribution >= 4 is 28.3 Å². The molecule has 3 rings (SSSR count). The van der Waals surface area contributed by atoms with Crippen LogP contribution in [-0.2, 0) is 9.59 Å². The van der Waals surface area contributed by atoms with Gasteiger partial charge in [-0.05, 0) is 36.8 Å². The summed E-state index contributed by atoms with van der Waals surface area (Å²) in [6, 6.07) is 7.88. The maximum Gasteiger partial charge on any atom is 0.260 e. The minimum Gasteiger partial charge on any atom is -0.483 e. The van der Waals surface area contributed by atoms with E-state index < -0.39 is 0 Å². The molecule has 0 aliphatic carbocycles. The van der Waals surface area contributed by atoms with E-state index in [0.29, 0.717) is 24.1 Å². The van der Waals surface area contributed by atoms with Gasteiger partial charge in [0.15, 0.2) is 11.7 Å². The van der Waals surface area contributed by atoms with Crippen LogP contribution < -0.4 is 10.1 Å². The number of carbonyl (C=O) groups is 2. The standard InChI is InChI=1S/C21H27N3O3S/c1-3-15(2)17-8-4-5-9-18(17)27-14-19(25)24-11-6-7-16(13-24)20(26)23-21-22-10-12-28-21/h4-5,8-10,12,15-16H,3,6-7,11,13-14H2,1-2H3,(H,22,23,26). The Hall–Kier alpha value is -2.41. The SMILES string of the molecule is CCC(C)c1ccccc1OCC(=O)N1CCCC(C(=O)Nc2nccs2)C1. The van der Waals surface area contributed by atoms with Crippen LogP contribution in [0.1, 0.15) is 44.6 Å². The fourth-order valence-corrected chi connectivity index (χ4v) is 3.91. The molecule has 0 radical (unpaired) electrons. The summed E-state index contributed by atoms with van der Waals surface area (Å²) in [6.45, 7) is 5.37. The molecule has 1 saturated heterocycles. The number of anilines is 1. The number of rotatable bonds is 7. The minimum atomic E-state index is -0.214. The number of nitrogens with one attached hydrogen (secondary N) is 1. The molecule has 0 spiro atoms. The predicted molar refractivity (Wildman–Crippen MR) is 111 cm³/mol. The Morgan fingerprint density at radius 2 is 2.21 bits per heavy atom. The second-order valence-corrected chi connectivity index (χ2v) is 8.04. The molecule has 0 saturated carbocycles. The highest BCUT2D eigenvalue weighted by Gasteiger charge is 2.29. The number of benzene rings is 1.